The Hall–Kier alpha value is 0.920. The molecule has 0 aliphatic carbocycles. The van der Waals surface area contributed by atoms with Crippen molar-refractivity contribution < 1.29 is 35.8 Å². The van der Waals surface area contributed by atoms with Crippen molar-refractivity contribution in [2.75, 3.05) is 6.54 Å². The molecule has 0 unspecified atom stereocenters. The third-order valence-electron chi connectivity index (χ3n) is 0.160. The molecule has 6 heavy (non-hydrogen) atoms. The van der Waals surface area contributed by atoms with Gasteiger partial charge in [0, 0.05) is 0 Å². The van der Waals surface area contributed by atoms with Crippen LogP contribution in [0.1, 0.15) is 1.43 Å². The third-order valence-corrected chi connectivity index (χ3v) is 0.315. The molecule has 4 heteroatoms. The molecule has 0 saturated carbocycles. The maximum absolute atomic E-state index is 9.45. The zero-order valence-corrected chi connectivity index (χ0v) is 6.33. The van der Waals surface area contributed by atoms with Crippen LogP contribution in [0.25, 0.3) is 0 Å². The van der Waals surface area contributed by atoms with E-state index in [0.29, 0.717) is 0 Å². The Balaban J connectivity index is -0.0000000800. The number of nitrogens with two attached hydrogens (primary N) is 1. The average Bonchev–Trinajstić information content (AvgIpc) is 1.38. The van der Waals surface area contributed by atoms with E-state index in [1.165, 1.54) is 0 Å². The van der Waals surface area contributed by atoms with E-state index in [0.717, 1.165) is 0 Å². The number of rotatable bonds is 1. The zero-order valence-electron chi connectivity index (χ0n) is 4.57. The van der Waals surface area contributed by atoms with Gasteiger partial charge in [-0.15, -0.1) is 0 Å². The molecule has 0 rings (SSSR count). The minimum Gasteiger partial charge on any atom is -1.00 e. The van der Waals surface area contributed by atoms with Crippen molar-refractivity contribution in [3.8, 4) is 0 Å². The van der Waals surface area contributed by atoms with Crippen LogP contribution >= 0.6 is 11.6 Å². The molecule has 0 aromatic carbocycles. The van der Waals surface area contributed by atoms with Crippen molar-refractivity contribution >= 4 is 16.8 Å². The smallest absolute Gasteiger partial charge is 1.00 e. The number of carbonyl (C=O) groups excluding carboxylic acids is 1. The van der Waals surface area contributed by atoms with Gasteiger partial charge in [-0.1, -0.05) is 0 Å². The van der Waals surface area contributed by atoms with Gasteiger partial charge in [0.15, 0.2) is 0 Å². The molecule has 2 N–H and O–H groups in total. The van der Waals surface area contributed by atoms with Gasteiger partial charge in [-0.25, -0.2) is 0 Å². The van der Waals surface area contributed by atoms with Crippen LogP contribution in [-0.4, -0.2) is 11.8 Å². The predicted octanol–water partition coefficient (Wildman–Crippen LogP) is -3.17. The summed E-state index contributed by atoms with van der Waals surface area (Å²) in [6.45, 7) is -0.0679. The van der Waals surface area contributed by atoms with E-state index in [2.05, 4.69) is 5.73 Å². The van der Waals surface area contributed by atoms with Gasteiger partial charge in [0.25, 0.3) is 0 Å². The fourth-order valence-corrected chi connectivity index (χ4v) is 0. The molecule has 0 fully saturated rings. The molecular formula is C2H5ClNNaO. The number of hydrogen-bond donors (Lipinski definition) is 1. The molecule has 0 bridgehead atoms. The second kappa shape index (κ2) is 5.92. The summed E-state index contributed by atoms with van der Waals surface area (Å²) in [5.74, 6) is 0. The van der Waals surface area contributed by atoms with E-state index in [1.807, 2.05) is 0 Å². The van der Waals surface area contributed by atoms with Gasteiger partial charge in [-0.05, 0) is 11.6 Å². The normalized spacial score (nSPS) is 6.33. The molecule has 0 aromatic heterocycles. The van der Waals surface area contributed by atoms with Gasteiger partial charge in [-0.3, -0.25) is 4.79 Å². The summed E-state index contributed by atoms with van der Waals surface area (Å²) >= 11 is 4.70. The van der Waals surface area contributed by atoms with Gasteiger partial charge in [0.05, 0.1) is 6.54 Å². The Bertz CT molecular complexity index is 53.0. The molecule has 0 radical (unpaired) electrons. The van der Waals surface area contributed by atoms with Gasteiger partial charge >= 0.3 is 29.6 Å². The number of hydrogen-bond acceptors (Lipinski definition) is 2. The summed E-state index contributed by atoms with van der Waals surface area (Å²) in [4.78, 5) is 9.45. The van der Waals surface area contributed by atoms with Crippen LogP contribution in [-0.2, 0) is 4.79 Å². The standard InChI is InChI=1S/C2H4ClNO.Na.H/c3-2(5)1-4;;/h1,4H2;;/q;+1;-1. The van der Waals surface area contributed by atoms with Crippen LogP contribution in [0.3, 0.4) is 0 Å². The van der Waals surface area contributed by atoms with Crippen molar-refractivity contribution in [3.63, 3.8) is 0 Å². The van der Waals surface area contributed by atoms with Crippen LogP contribution < -0.4 is 35.3 Å². The SMILES string of the molecule is NCC(=O)Cl.[H-].[Na+]. The van der Waals surface area contributed by atoms with E-state index >= 15 is 0 Å². The summed E-state index contributed by atoms with van der Waals surface area (Å²) in [5.41, 5.74) is 4.69. The Kier molecular flexibility index (Phi) is 9.89. The summed E-state index contributed by atoms with van der Waals surface area (Å²) in [6.07, 6.45) is 0. The molecule has 0 heterocycles. The van der Waals surface area contributed by atoms with Gasteiger partial charge in [0.1, 0.15) is 0 Å². The van der Waals surface area contributed by atoms with Gasteiger partial charge in [-0.2, -0.15) is 0 Å². The quantitative estimate of drug-likeness (QED) is 0.291. The van der Waals surface area contributed by atoms with Gasteiger partial charge < -0.3 is 7.16 Å². The predicted molar refractivity (Wildman–Crippen MR) is 21.0 cm³/mol. The van der Waals surface area contributed by atoms with E-state index in [1.54, 1.807) is 0 Å². The van der Waals surface area contributed by atoms with Crippen LogP contribution in [0, 0.1) is 0 Å². The molecule has 0 spiro atoms. The minimum atomic E-state index is -0.495. The largest absolute Gasteiger partial charge is 1.00 e. The second-order valence-corrected chi connectivity index (χ2v) is 0.981. The fraction of sp³-hybridized carbons (Fsp3) is 0.500. The van der Waals surface area contributed by atoms with E-state index in [4.69, 9.17) is 11.6 Å². The average molecular weight is 118 g/mol. The summed E-state index contributed by atoms with van der Waals surface area (Å²) < 4.78 is 0. The molecule has 0 aliphatic rings. The Labute approximate surface area is 64.8 Å². The molecule has 0 aliphatic heterocycles. The Morgan fingerprint density at radius 1 is 2.00 bits per heavy atom. The molecule has 32 valence electrons. The summed E-state index contributed by atoms with van der Waals surface area (Å²) in [6, 6.07) is 0. The van der Waals surface area contributed by atoms with Crippen LogP contribution in [0.2, 0.25) is 0 Å². The first-order valence-corrected chi connectivity index (χ1v) is 1.53. The minimum absolute atomic E-state index is 0. The first kappa shape index (κ1) is 10.0. The number of halogens is 1. The van der Waals surface area contributed by atoms with Gasteiger partial charge in [0.2, 0.25) is 5.24 Å². The van der Waals surface area contributed by atoms with Crippen LogP contribution in [0.4, 0.5) is 0 Å². The summed E-state index contributed by atoms with van der Waals surface area (Å²) in [5, 5.41) is -0.495. The Morgan fingerprint density at radius 2 is 2.17 bits per heavy atom. The molecule has 0 atom stereocenters. The van der Waals surface area contributed by atoms with Crippen molar-refractivity contribution in [1.29, 1.82) is 0 Å². The molecular weight excluding hydrogens is 112 g/mol. The van der Waals surface area contributed by atoms with Crippen molar-refractivity contribution in [2.45, 2.75) is 0 Å². The molecule has 2 nitrogen and oxygen atoms in total. The van der Waals surface area contributed by atoms with Crippen molar-refractivity contribution in [2.24, 2.45) is 5.73 Å². The Morgan fingerprint density at radius 3 is 2.17 bits per heavy atom. The molecule has 0 amide bonds. The van der Waals surface area contributed by atoms with Crippen molar-refractivity contribution in [1.82, 2.24) is 0 Å². The second-order valence-electron chi connectivity index (χ2n) is 0.559. The number of carbonyl (C=O) groups is 1. The van der Waals surface area contributed by atoms with Crippen molar-refractivity contribution in [3.05, 3.63) is 0 Å². The van der Waals surface area contributed by atoms with E-state index < -0.39 is 5.24 Å². The van der Waals surface area contributed by atoms with E-state index in [9.17, 15) is 4.79 Å². The van der Waals surface area contributed by atoms with Crippen LogP contribution in [0.5, 0.6) is 0 Å². The van der Waals surface area contributed by atoms with E-state index in [-0.39, 0.29) is 37.5 Å². The zero-order chi connectivity index (χ0) is 4.28. The molecule has 0 aromatic rings. The summed E-state index contributed by atoms with van der Waals surface area (Å²) in [7, 11) is 0. The molecule has 0 saturated heterocycles. The maximum Gasteiger partial charge on any atom is 1.00 e. The first-order valence-electron chi connectivity index (χ1n) is 1.15. The maximum atomic E-state index is 9.45. The fourth-order valence-electron chi connectivity index (χ4n) is 0. The van der Waals surface area contributed by atoms with Crippen LogP contribution in [0.15, 0.2) is 0 Å². The first-order chi connectivity index (χ1) is 2.27. The third kappa shape index (κ3) is 8.87. The monoisotopic (exact) mass is 117 g/mol. The topological polar surface area (TPSA) is 43.1 Å².